The second kappa shape index (κ2) is 8.42. The lowest BCUT2D eigenvalue weighted by atomic mass is 9.91. The molecule has 2 aromatic heterocycles. The van der Waals surface area contributed by atoms with Gasteiger partial charge in [-0.3, -0.25) is 9.59 Å². The Kier molecular flexibility index (Phi) is 5.66. The summed E-state index contributed by atoms with van der Waals surface area (Å²) in [4.78, 5) is 37.2. The highest BCUT2D eigenvalue weighted by molar-refractivity contribution is 5.94. The third kappa shape index (κ3) is 3.82. The lowest BCUT2D eigenvalue weighted by molar-refractivity contribution is 0.0656. The van der Waals surface area contributed by atoms with Crippen molar-refractivity contribution in [1.29, 1.82) is 0 Å². The number of hydrogen-bond donors (Lipinski definition) is 0. The number of piperidine rings is 1. The van der Waals surface area contributed by atoms with E-state index in [4.69, 9.17) is 6.57 Å². The van der Waals surface area contributed by atoms with Crippen LogP contribution in [0.5, 0.6) is 0 Å². The summed E-state index contributed by atoms with van der Waals surface area (Å²) in [7, 11) is 3.47. The van der Waals surface area contributed by atoms with E-state index in [0.717, 1.165) is 0 Å². The number of halogens is 1. The minimum absolute atomic E-state index is 0.00775. The molecular weight excluding hydrogens is 409 g/mol. The zero-order chi connectivity index (χ0) is 23.0. The van der Waals surface area contributed by atoms with Crippen LogP contribution in [0.2, 0.25) is 0 Å². The Morgan fingerprint density at radius 2 is 1.97 bits per heavy atom. The molecule has 0 saturated carbocycles. The first-order valence-electron chi connectivity index (χ1n) is 10.5. The number of hydrogen-bond acceptors (Lipinski definition) is 4. The predicted octanol–water partition coefficient (Wildman–Crippen LogP) is 3.61. The maximum Gasteiger partial charge on any atom is 0.270 e. The van der Waals surface area contributed by atoms with E-state index in [9.17, 15) is 14.0 Å². The van der Waals surface area contributed by atoms with Crippen molar-refractivity contribution >= 4 is 28.4 Å². The Bertz CT molecular complexity index is 1280. The van der Waals surface area contributed by atoms with Crippen LogP contribution in [0.1, 0.15) is 23.7 Å². The quantitative estimate of drug-likeness (QED) is 0.592. The number of carbonyl (C=O) groups excluding carboxylic acids is 1. The molecule has 1 aliphatic rings. The van der Waals surface area contributed by atoms with E-state index in [0.29, 0.717) is 41.8 Å². The van der Waals surface area contributed by atoms with Crippen molar-refractivity contribution in [2.45, 2.75) is 19.4 Å². The van der Waals surface area contributed by atoms with E-state index in [-0.39, 0.29) is 35.1 Å². The van der Waals surface area contributed by atoms with Crippen LogP contribution in [-0.4, -0.2) is 46.5 Å². The molecular formula is C24H24FN5O2. The van der Waals surface area contributed by atoms with Gasteiger partial charge < -0.3 is 19.2 Å². The molecule has 8 heteroatoms. The van der Waals surface area contributed by atoms with Gasteiger partial charge in [0.1, 0.15) is 5.82 Å². The van der Waals surface area contributed by atoms with Crippen molar-refractivity contribution in [3.8, 4) is 0 Å². The standard InChI is InChI=1S/C24H24FN5O2/c1-15-14-30(12-11-18(15)29(4)24(32)16-5-7-17(25)8-6-16)20-13-22(31)28(3)19-9-10-21(26-2)27-23(19)20/h5-10,13,15,18H,11-12,14H2,1,3-4H3. The summed E-state index contributed by atoms with van der Waals surface area (Å²) >= 11 is 0. The van der Waals surface area contributed by atoms with Gasteiger partial charge in [-0.15, -0.1) is 4.98 Å². The van der Waals surface area contributed by atoms with Gasteiger partial charge >= 0.3 is 0 Å². The van der Waals surface area contributed by atoms with Gasteiger partial charge in [-0.2, -0.15) is 0 Å². The molecule has 1 amide bonds. The number of fused-ring (bicyclic) bond motifs is 1. The van der Waals surface area contributed by atoms with Crippen molar-refractivity contribution in [1.82, 2.24) is 14.5 Å². The molecule has 0 N–H and O–H groups in total. The van der Waals surface area contributed by atoms with Crippen LogP contribution >= 0.6 is 0 Å². The number of carbonyl (C=O) groups is 1. The summed E-state index contributed by atoms with van der Waals surface area (Å²) in [5.74, 6) is -0.106. The topological polar surface area (TPSA) is 62.8 Å². The molecule has 7 nitrogen and oxygen atoms in total. The van der Waals surface area contributed by atoms with E-state index in [1.807, 2.05) is 0 Å². The molecule has 3 heterocycles. The summed E-state index contributed by atoms with van der Waals surface area (Å²) in [6.07, 6.45) is 0.712. The van der Waals surface area contributed by atoms with E-state index in [1.165, 1.54) is 28.8 Å². The van der Waals surface area contributed by atoms with Gasteiger partial charge in [0, 0.05) is 44.9 Å². The highest BCUT2D eigenvalue weighted by atomic mass is 19.1. The monoisotopic (exact) mass is 433 g/mol. The van der Waals surface area contributed by atoms with Crippen LogP contribution in [0.25, 0.3) is 15.9 Å². The largest absolute Gasteiger partial charge is 0.367 e. The Labute approximate surface area is 185 Å². The number of pyridine rings is 2. The first-order valence-corrected chi connectivity index (χ1v) is 10.5. The fourth-order valence-electron chi connectivity index (χ4n) is 4.48. The molecule has 1 saturated heterocycles. The summed E-state index contributed by atoms with van der Waals surface area (Å²) in [5.41, 5.74) is 2.34. The summed E-state index contributed by atoms with van der Waals surface area (Å²) in [6, 6.07) is 10.5. The molecule has 0 radical (unpaired) electrons. The van der Waals surface area contributed by atoms with Crippen molar-refractivity contribution in [2.75, 3.05) is 25.0 Å². The van der Waals surface area contributed by atoms with Gasteiger partial charge in [-0.1, -0.05) is 13.5 Å². The maximum atomic E-state index is 13.2. The first kappa shape index (κ1) is 21.5. The minimum Gasteiger partial charge on any atom is -0.367 e. The molecule has 32 heavy (non-hydrogen) atoms. The zero-order valence-corrected chi connectivity index (χ0v) is 18.2. The lowest BCUT2D eigenvalue weighted by Gasteiger charge is -2.42. The van der Waals surface area contributed by atoms with Crippen LogP contribution in [-0.2, 0) is 7.05 Å². The van der Waals surface area contributed by atoms with E-state index < -0.39 is 0 Å². The Hall–Kier alpha value is -3.73. The predicted molar refractivity (Wildman–Crippen MR) is 122 cm³/mol. The number of aryl methyl sites for hydroxylation is 1. The molecule has 0 aliphatic carbocycles. The third-order valence-electron chi connectivity index (χ3n) is 6.28. The number of nitrogens with zero attached hydrogens (tertiary/aromatic N) is 5. The van der Waals surface area contributed by atoms with Crippen molar-refractivity contribution in [3.05, 3.63) is 75.6 Å². The van der Waals surface area contributed by atoms with Gasteiger partial charge in [-0.05, 0) is 48.7 Å². The molecule has 0 spiro atoms. The van der Waals surface area contributed by atoms with E-state index in [2.05, 4.69) is 21.7 Å². The number of aromatic nitrogens is 2. The Morgan fingerprint density at radius 1 is 1.25 bits per heavy atom. The first-order chi connectivity index (χ1) is 15.3. The van der Waals surface area contributed by atoms with Gasteiger partial charge in [-0.25, -0.2) is 4.39 Å². The summed E-state index contributed by atoms with van der Waals surface area (Å²) < 4.78 is 14.7. The number of anilines is 1. The molecule has 1 aliphatic heterocycles. The average molecular weight is 433 g/mol. The second-order valence-electron chi connectivity index (χ2n) is 8.28. The Balaban J connectivity index is 1.60. The smallest absolute Gasteiger partial charge is 0.270 e. The molecule has 1 fully saturated rings. The van der Waals surface area contributed by atoms with Gasteiger partial charge in [0.2, 0.25) is 5.52 Å². The van der Waals surface area contributed by atoms with Gasteiger partial charge in [0.05, 0.1) is 11.2 Å². The van der Waals surface area contributed by atoms with Gasteiger partial charge in [0.25, 0.3) is 17.3 Å². The van der Waals surface area contributed by atoms with Crippen molar-refractivity contribution < 1.29 is 9.18 Å². The fourth-order valence-corrected chi connectivity index (χ4v) is 4.48. The number of rotatable bonds is 3. The van der Waals surface area contributed by atoms with Crippen molar-refractivity contribution in [2.24, 2.45) is 13.0 Å². The molecule has 1 aromatic carbocycles. The normalized spacial score (nSPS) is 18.4. The number of amides is 1. The van der Waals surface area contributed by atoms with E-state index in [1.54, 1.807) is 37.2 Å². The Morgan fingerprint density at radius 3 is 2.62 bits per heavy atom. The van der Waals surface area contributed by atoms with Crippen LogP contribution in [0.4, 0.5) is 15.9 Å². The lowest BCUT2D eigenvalue weighted by Crippen LogP contribution is -2.51. The number of benzene rings is 1. The zero-order valence-electron chi connectivity index (χ0n) is 18.2. The summed E-state index contributed by atoms with van der Waals surface area (Å²) in [6.45, 7) is 10.6. The second-order valence-corrected chi connectivity index (χ2v) is 8.28. The molecule has 164 valence electrons. The molecule has 2 unspecified atom stereocenters. The van der Waals surface area contributed by atoms with Crippen LogP contribution in [0.3, 0.4) is 0 Å². The highest BCUT2D eigenvalue weighted by Gasteiger charge is 2.33. The van der Waals surface area contributed by atoms with Crippen LogP contribution < -0.4 is 10.5 Å². The molecule has 4 rings (SSSR count). The minimum atomic E-state index is -0.373. The molecule has 3 aromatic rings. The maximum absolute atomic E-state index is 13.2. The highest BCUT2D eigenvalue weighted by Crippen LogP contribution is 2.31. The van der Waals surface area contributed by atoms with Gasteiger partial charge in [0.15, 0.2) is 0 Å². The molecule has 0 bridgehead atoms. The SMILES string of the molecule is [C-]#[N+]c1ccc2c(n1)c(N1CCC(N(C)C(=O)c3ccc(F)cc3)C(C)C1)cc(=O)n2C. The average Bonchev–Trinajstić information content (AvgIpc) is 2.80. The van der Waals surface area contributed by atoms with Crippen LogP contribution in [0, 0.1) is 18.3 Å². The fraction of sp³-hybridized carbons (Fsp3) is 0.333. The molecule has 2 atom stereocenters. The third-order valence-corrected chi connectivity index (χ3v) is 6.28. The summed E-state index contributed by atoms with van der Waals surface area (Å²) in [5, 5.41) is 0. The van der Waals surface area contributed by atoms with E-state index >= 15 is 0 Å². The van der Waals surface area contributed by atoms with Crippen molar-refractivity contribution in [3.63, 3.8) is 0 Å². The van der Waals surface area contributed by atoms with Crippen LogP contribution in [0.15, 0.2) is 47.3 Å².